The van der Waals surface area contributed by atoms with Crippen LogP contribution in [0.2, 0.25) is 0 Å². The molecule has 7 nitrogen and oxygen atoms in total. The monoisotopic (exact) mass is 370 g/mol. The third-order valence-corrected chi connectivity index (χ3v) is 5.33. The zero-order valence-corrected chi connectivity index (χ0v) is 15.4. The highest BCUT2D eigenvalue weighted by Crippen LogP contribution is 2.21. The molecule has 1 aromatic heterocycles. The number of piperidine rings is 1. The lowest BCUT2D eigenvalue weighted by molar-refractivity contribution is -0.135. The van der Waals surface area contributed by atoms with E-state index in [2.05, 4.69) is 10.6 Å². The van der Waals surface area contributed by atoms with E-state index >= 15 is 0 Å². The topological polar surface area (TPSA) is 75.6 Å². The Hall–Kier alpha value is -2.38. The number of fused-ring (bicyclic) bond motifs is 1. The third kappa shape index (κ3) is 4.14. The molecule has 2 aromatic rings. The van der Waals surface area contributed by atoms with Gasteiger partial charge in [-0.15, -0.1) is 0 Å². The summed E-state index contributed by atoms with van der Waals surface area (Å²) in [6.45, 7) is 3.75. The average molecular weight is 370 g/mol. The van der Waals surface area contributed by atoms with Gasteiger partial charge in [-0.2, -0.15) is 0 Å². The number of ether oxygens (including phenoxy) is 1. The number of nitrogens with one attached hydrogen (secondary N) is 2. The molecule has 0 radical (unpaired) electrons. The molecule has 2 fully saturated rings. The van der Waals surface area contributed by atoms with Crippen molar-refractivity contribution < 1.29 is 14.3 Å². The van der Waals surface area contributed by atoms with Gasteiger partial charge in [0.15, 0.2) is 0 Å². The molecular weight excluding hydrogens is 344 g/mol. The Morgan fingerprint density at radius 3 is 2.81 bits per heavy atom. The molecule has 0 spiro atoms. The number of anilines is 1. The third-order valence-electron chi connectivity index (χ3n) is 5.33. The van der Waals surface area contributed by atoms with Gasteiger partial charge in [0.1, 0.15) is 6.54 Å². The quantitative estimate of drug-likeness (QED) is 0.857. The summed E-state index contributed by atoms with van der Waals surface area (Å²) in [5.74, 6) is 0.132. The summed E-state index contributed by atoms with van der Waals surface area (Å²) in [5.41, 5.74) is 1.78. The first-order chi connectivity index (χ1) is 13.2. The summed E-state index contributed by atoms with van der Waals surface area (Å²) in [7, 11) is 0. The second-order valence-corrected chi connectivity index (χ2v) is 7.20. The van der Waals surface area contributed by atoms with Crippen molar-refractivity contribution in [2.75, 3.05) is 38.2 Å². The smallest absolute Gasteiger partial charge is 0.242 e. The van der Waals surface area contributed by atoms with Crippen LogP contribution in [0.25, 0.3) is 10.9 Å². The molecule has 1 atom stereocenters. The van der Waals surface area contributed by atoms with Gasteiger partial charge in [-0.05, 0) is 43.7 Å². The number of amides is 2. The Morgan fingerprint density at radius 1 is 1.19 bits per heavy atom. The van der Waals surface area contributed by atoms with E-state index < -0.39 is 0 Å². The summed E-state index contributed by atoms with van der Waals surface area (Å²) in [6, 6.07) is 7.71. The number of benzene rings is 1. The van der Waals surface area contributed by atoms with Crippen molar-refractivity contribution in [3.8, 4) is 0 Å². The lowest BCUT2D eigenvalue weighted by Crippen LogP contribution is -2.43. The van der Waals surface area contributed by atoms with E-state index in [-0.39, 0.29) is 17.9 Å². The van der Waals surface area contributed by atoms with Crippen LogP contribution in [-0.4, -0.2) is 60.2 Å². The fourth-order valence-electron chi connectivity index (χ4n) is 3.78. The van der Waals surface area contributed by atoms with Gasteiger partial charge >= 0.3 is 0 Å². The van der Waals surface area contributed by atoms with E-state index in [9.17, 15) is 9.59 Å². The lowest BCUT2D eigenvalue weighted by Gasteiger charge is -2.27. The second kappa shape index (κ2) is 8.10. The van der Waals surface area contributed by atoms with Crippen molar-refractivity contribution in [1.82, 2.24) is 14.8 Å². The van der Waals surface area contributed by atoms with Crippen LogP contribution >= 0.6 is 0 Å². The Morgan fingerprint density at radius 2 is 2.04 bits per heavy atom. The maximum Gasteiger partial charge on any atom is 0.242 e. The number of rotatable bonds is 4. The van der Waals surface area contributed by atoms with Crippen LogP contribution in [0, 0.1) is 0 Å². The molecule has 2 N–H and O–H groups in total. The zero-order chi connectivity index (χ0) is 18.6. The van der Waals surface area contributed by atoms with Gasteiger partial charge < -0.3 is 24.8 Å². The van der Waals surface area contributed by atoms with Crippen LogP contribution in [-0.2, 0) is 20.9 Å². The SMILES string of the molecule is O=C(Nc1ccc2c(ccn2CC(=O)N2CCOCC2)c1)C1CCCCN1. The highest BCUT2D eigenvalue weighted by molar-refractivity contribution is 5.97. The van der Waals surface area contributed by atoms with Crippen molar-refractivity contribution in [2.45, 2.75) is 31.8 Å². The van der Waals surface area contributed by atoms with Crippen molar-refractivity contribution in [1.29, 1.82) is 0 Å². The van der Waals surface area contributed by atoms with Gasteiger partial charge in [-0.3, -0.25) is 9.59 Å². The highest BCUT2D eigenvalue weighted by atomic mass is 16.5. The van der Waals surface area contributed by atoms with Gasteiger partial charge in [0, 0.05) is 35.9 Å². The molecular formula is C20H26N4O3. The molecule has 0 bridgehead atoms. The molecule has 144 valence electrons. The van der Waals surface area contributed by atoms with Crippen LogP contribution in [0.1, 0.15) is 19.3 Å². The summed E-state index contributed by atoms with van der Waals surface area (Å²) in [6.07, 6.45) is 5.03. The van der Waals surface area contributed by atoms with E-state index in [0.717, 1.165) is 42.4 Å². The minimum absolute atomic E-state index is 0.0241. The maximum atomic E-state index is 12.5. The van der Waals surface area contributed by atoms with Gasteiger partial charge in [-0.1, -0.05) is 6.42 Å². The van der Waals surface area contributed by atoms with E-state index in [1.165, 1.54) is 0 Å². The van der Waals surface area contributed by atoms with Gasteiger partial charge in [-0.25, -0.2) is 0 Å². The molecule has 2 saturated heterocycles. The van der Waals surface area contributed by atoms with Crippen LogP contribution in [0.3, 0.4) is 0 Å². The Balaban J connectivity index is 1.43. The minimum Gasteiger partial charge on any atom is -0.378 e. The summed E-state index contributed by atoms with van der Waals surface area (Å²) >= 11 is 0. The Bertz CT molecular complexity index is 820. The van der Waals surface area contributed by atoms with Crippen LogP contribution in [0.4, 0.5) is 5.69 Å². The Kier molecular flexibility index (Phi) is 5.40. The Labute approximate surface area is 158 Å². The molecule has 27 heavy (non-hydrogen) atoms. The molecule has 0 saturated carbocycles. The molecule has 1 unspecified atom stereocenters. The molecule has 0 aliphatic carbocycles. The lowest BCUT2D eigenvalue weighted by atomic mass is 10.0. The van der Waals surface area contributed by atoms with Crippen molar-refractivity contribution in [3.05, 3.63) is 30.5 Å². The van der Waals surface area contributed by atoms with Crippen LogP contribution < -0.4 is 10.6 Å². The number of carbonyl (C=O) groups is 2. The predicted octanol–water partition coefficient (Wildman–Crippen LogP) is 1.58. The van der Waals surface area contributed by atoms with Crippen LogP contribution in [0.5, 0.6) is 0 Å². The normalized spacial score (nSPS) is 20.6. The number of hydrogen-bond donors (Lipinski definition) is 2. The summed E-state index contributed by atoms with van der Waals surface area (Å²) in [4.78, 5) is 26.7. The standard InChI is InChI=1S/C20H26N4O3/c25-19(23-9-11-27-12-10-23)14-24-8-6-15-13-16(4-5-18(15)24)22-20(26)17-3-1-2-7-21-17/h4-6,8,13,17,21H,1-3,7,9-12,14H2,(H,22,26). The second-order valence-electron chi connectivity index (χ2n) is 7.20. The van der Waals surface area contributed by atoms with Crippen molar-refractivity contribution in [3.63, 3.8) is 0 Å². The average Bonchev–Trinajstić information content (AvgIpc) is 3.11. The molecule has 7 heteroatoms. The van der Waals surface area contributed by atoms with Crippen molar-refractivity contribution >= 4 is 28.4 Å². The molecule has 4 rings (SSSR count). The highest BCUT2D eigenvalue weighted by Gasteiger charge is 2.21. The maximum absolute atomic E-state index is 12.5. The number of morpholine rings is 1. The summed E-state index contributed by atoms with van der Waals surface area (Å²) < 4.78 is 7.26. The largest absolute Gasteiger partial charge is 0.378 e. The first kappa shape index (κ1) is 18.0. The molecule has 3 heterocycles. The van der Waals surface area contributed by atoms with E-state index in [4.69, 9.17) is 4.74 Å². The van der Waals surface area contributed by atoms with E-state index in [1.807, 2.05) is 39.9 Å². The molecule has 2 aliphatic heterocycles. The van der Waals surface area contributed by atoms with E-state index in [1.54, 1.807) is 0 Å². The fourth-order valence-corrected chi connectivity index (χ4v) is 3.78. The van der Waals surface area contributed by atoms with Crippen molar-refractivity contribution in [2.24, 2.45) is 0 Å². The number of hydrogen-bond acceptors (Lipinski definition) is 4. The van der Waals surface area contributed by atoms with Gasteiger partial charge in [0.2, 0.25) is 11.8 Å². The summed E-state index contributed by atoms with van der Waals surface area (Å²) in [5, 5.41) is 7.28. The number of nitrogens with zero attached hydrogens (tertiary/aromatic N) is 2. The molecule has 1 aromatic carbocycles. The molecule has 2 aliphatic rings. The predicted molar refractivity (Wildman–Crippen MR) is 104 cm³/mol. The molecule has 2 amide bonds. The van der Waals surface area contributed by atoms with Gasteiger partial charge in [0.25, 0.3) is 0 Å². The minimum atomic E-state index is -0.106. The van der Waals surface area contributed by atoms with Crippen LogP contribution in [0.15, 0.2) is 30.5 Å². The first-order valence-corrected chi connectivity index (χ1v) is 9.69. The fraction of sp³-hybridized carbons (Fsp3) is 0.500. The zero-order valence-electron chi connectivity index (χ0n) is 15.4. The first-order valence-electron chi connectivity index (χ1n) is 9.69. The van der Waals surface area contributed by atoms with E-state index in [0.29, 0.717) is 32.8 Å². The van der Waals surface area contributed by atoms with Gasteiger partial charge in [0.05, 0.1) is 19.3 Å². The number of aromatic nitrogens is 1. The number of carbonyl (C=O) groups excluding carboxylic acids is 2.